The van der Waals surface area contributed by atoms with Crippen LogP contribution < -0.4 is 5.73 Å². The summed E-state index contributed by atoms with van der Waals surface area (Å²) in [5, 5.41) is 9.39. The number of carbonyl (C=O) groups is 2. The van der Waals surface area contributed by atoms with Crippen molar-refractivity contribution in [3.63, 3.8) is 0 Å². The van der Waals surface area contributed by atoms with Gasteiger partial charge in [0.25, 0.3) is 5.91 Å². The van der Waals surface area contributed by atoms with E-state index in [-0.39, 0.29) is 11.9 Å². The molecule has 0 unspecified atom stereocenters. The molecular weight excluding hydrogens is 210 g/mol. The van der Waals surface area contributed by atoms with Gasteiger partial charge in [-0.3, -0.25) is 9.59 Å². The minimum Gasteiger partial charge on any atom is -0.449 e. The molecule has 1 amide bonds. The summed E-state index contributed by atoms with van der Waals surface area (Å²) in [4.78, 5) is 23.0. The van der Waals surface area contributed by atoms with Gasteiger partial charge in [0.2, 0.25) is 0 Å². The lowest BCUT2D eigenvalue weighted by Gasteiger charge is -2.35. The summed E-state index contributed by atoms with van der Waals surface area (Å²) in [5.74, 6) is -0.938. The number of amides is 1. The van der Waals surface area contributed by atoms with E-state index in [0.717, 1.165) is 12.8 Å². The second-order valence-electron chi connectivity index (χ2n) is 4.79. The Hall–Kier alpha value is -1.10. The fourth-order valence-corrected chi connectivity index (χ4v) is 2.06. The number of aliphatic hydroxyl groups excluding tert-OH is 1. The quantitative estimate of drug-likeness (QED) is 0.669. The Kier molecular flexibility index (Phi) is 2.88. The van der Waals surface area contributed by atoms with Gasteiger partial charge >= 0.3 is 5.97 Å². The van der Waals surface area contributed by atoms with Crippen LogP contribution in [0, 0.1) is 5.92 Å². The highest BCUT2D eigenvalue weighted by Gasteiger charge is 2.46. The van der Waals surface area contributed by atoms with Crippen molar-refractivity contribution in [2.45, 2.75) is 50.2 Å². The molecule has 2 rings (SSSR count). The van der Waals surface area contributed by atoms with E-state index in [0.29, 0.717) is 25.7 Å². The van der Waals surface area contributed by atoms with Gasteiger partial charge in [0.1, 0.15) is 0 Å². The van der Waals surface area contributed by atoms with Crippen LogP contribution in [-0.4, -0.2) is 28.7 Å². The summed E-state index contributed by atoms with van der Waals surface area (Å²) in [7, 11) is 0. The number of rotatable bonds is 3. The van der Waals surface area contributed by atoms with Crippen molar-refractivity contribution >= 4 is 11.9 Å². The van der Waals surface area contributed by atoms with Gasteiger partial charge in [0, 0.05) is 0 Å². The van der Waals surface area contributed by atoms with Gasteiger partial charge in [0.05, 0.1) is 12.0 Å². The van der Waals surface area contributed by atoms with Gasteiger partial charge in [-0.25, -0.2) is 0 Å². The molecule has 0 heterocycles. The fourth-order valence-electron chi connectivity index (χ4n) is 2.06. The molecule has 0 aliphatic heterocycles. The van der Waals surface area contributed by atoms with Gasteiger partial charge in [-0.15, -0.1) is 0 Å². The van der Waals surface area contributed by atoms with E-state index in [1.54, 1.807) is 0 Å². The Bertz CT molecular complexity index is 303. The Labute approximate surface area is 93.9 Å². The van der Waals surface area contributed by atoms with Crippen molar-refractivity contribution in [2.75, 3.05) is 0 Å². The molecule has 0 spiro atoms. The molecule has 2 saturated carbocycles. The lowest BCUT2D eigenvalue weighted by Crippen LogP contribution is -2.51. The highest BCUT2D eigenvalue weighted by atomic mass is 16.6. The lowest BCUT2D eigenvalue weighted by atomic mass is 9.82. The summed E-state index contributed by atoms with van der Waals surface area (Å²) in [5.41, 5.74) is 4.15. The number of esters is 1. The third kappa shape index (κ3) is 2.19. The van der Waals surface area contributed by atoms with E-state index in [4.69, 9.17) is 10.5 Å². The van der Waals surface area contributed by atoms with E-state index in [2.05, 4.69) is 0 Å². The Morgan fingerprint density at radius 1 is 1.19 bits per heavy atom. The highest BCUT2D eigenvalue weighted by molar-refractivity contribution is 5.87. The molecule has 0 atom stereocenters. The summed E-state index contributed by atoms with van der Waals surface area (Å²) in [6.45, 7) is 0. The zero-order valence-electron chi connectivity index (χ0n) is 9.15. The van der Waals surface area contributed by atoms with Crippen LogP contribution >= 0.6 is 0 Å². The number of hydrogen-bond acceptors (Lipinski definition) is 4. The maximum absolute atomic E-state index is 11.6. The maximum atomic E-state index is 11.6. The molecule has 2 aliphatic carbocycles. The second-order valence-corrected chi connectivity index (χ2v) is 4.79. The zero-order chi connectivity index (χ0) is 11.8. The summed E-state index contributed by atoms with van der Waals surface area (Å²) < 4.78 is 5.29. The summed E-state index contributed by atoms with van der Waals surface area (Å²) in [6, 6.07) is 0. The van der Waals surface area contributed by atoms with Gasteiger partial charge in [-0.2, -0.15) is 0 Å². The van der Waals surface area contributed by atoms with Crippen molar-refractivity contribution in [3.8, 4) is 0 Å². The minimum atomic E-state index is -1.17. The van der Waals surface area contributed by atoms with Crippen LogP contribution in [-0.2, 0) is 14.3 Å². The third-order valence-corrected chi connectivity index (χ3v) is 3.42. The lowest BCUT2D eigenvalue weighted by molar-refractivity contribution is -0.174. The predicted molar refractivity (Wildman–Crippen MR) is 55.2 cm³/mol. The molecule has 16 heavy (non-hydrogen) atoms. The van der Waals surface area contributed by atoms with Crippen LogP contribution in [0.4, 0.5) is 0 Å². The van der Waals surface area contributed by atoms with Crippen molar-refractivity contribution in [2.24, 2.45) is 11.7 Å². The first kappa shape index (κ1) is 11.4. The Balaban J connectivity index is 2.03. The van der Waals surface area contributed by atoms with Crippen LogP contribution in [0.1, 0.15) is 38.5 Å². The zero-order valence-corrected chi connectivity index (χ0v) is 9.15. The van der Waals surface area contributed by atoms with E-state index in [1.807, 2.05) is 0 Å². The Morgan fingerprint density at radius 3 is 2.19 bits per heavy atom. The van der Waals surface area contributed by atoms with Gasteiger partial charge in [-0.1, -0.05) is 0 Å². The molecule has 90 valence electrons. The number of ether oxygens (including phenoxy) is 1. The van der Waals surface area contributed by atoms with E-state index >= 15 is 0 Å². The smallest absolute Gasteiger partial charge is 0.309 e. The first-order valence-corrected chi connectivity index (χ1v) is 5.74. The van der Waals surface area contributed by atoms with Crippen molar-refractivity contribution in [1.82, 2.24) is 0 Å². The molecule has 0 saturated heterocycles. The van der Waals surface area contributed by atoms with E-state index in [9.17, 15) is 14.7 Å². The van der Waals surface area contributed by atoms with Crippen LogP contribution in [0.2, 0.25) is 0 Å². The van der Waals surface area contributed by atoms with Gasteiger partial charge in [0.15, 0.2) is 5.60 Å². The molecule has 5 nitrogen and oxygen atoms in total. The molecule has 0 aromatic carbocycles. The molecule has 0 aromatic rings. The van der Waals surface area contributed by atoms with Crippen LogP contribution in [0.5, 0.6) is 0 Å². The van der Waals surface area contributed by atoms with Gasteiger partial charge < -0.3 is 15.6 Å². The van der Waals surface area contributed by atoms with E-state index in [1.165, 1.54) is 0 Å². The number of primary amides is 1. The van der Waals surface area contributed by atoms with Crippen LogP contribution in [0.25, 0.3) is 0 Å². The van der Waals surface area contributed by atoms with Gasteiger partial charge in [-0.05, 0) is 38.5 Å². The standard InChI is InChI=1S/C11H17NO4/c12-10(15)11(5-3-8(13)4-6-11)16-9(14)7-1-2-7/h7-8,13H,1-6H2,(H2,12,15). The van der Waals surface area contributed by atoms with Crippen LogP contribution in [0.3, 0.4) is 0 Å². The number of carbonyl (C=O) groups excluding carboxylic acids is 2. The topological polar surface area (TPSA) is 89.6 Å². The SMILES string of the molecule is NC(=O)C1(OC(=O)C2CC2)CCC(O)CC1. The molecule has 0 radical (unpaired) electrons. The van der Waals surface area contributed by atoms with Crippen molar-refractivity contribution in [3.05, 3.63) is 0 Å². The largest absolute Gasteiger partial charge is 0.449 e. The number of aliphatic hydroxyl groups is 1. The second kappa shape index (κ2) is 4.05. The molecule has 5 heteroatoms. The molecule has 3 N–H and O–H groups in total. The molecular formula is C11H17NO4. The predicted octanol–water partition coefficient (Wildman–Crippen LogP) is 0.0986. The molecule has 0 bridgehead atoms. The fraction of sp³-hybridized carbons (Fsp3) is 0.818. The van der Waals surface area contributed by atoms with Crippen molar-refractivity contribution < 1.29 is 19.4 Å². The normalized spacial score (nSPS) is 34.4. The summed E-state index contributed by atoms with van der Waals surface area (Å²) >= 11 is 0. The number of nitrogens with two attached hydrogens (primary N) is 1. The Morgan fingerprint density at radius 2 is 1.75 bits per heavy atom. The average molecular weight is 227 g/mol. The van der Waals surface area contributed by atoms with Crippen molar-refractivity contribution in [1.29, 1.82) is 0 Å². The highest BCUT2D eigenvalue weighted by Crippen LogP contribution is 2.36. The molecule has 2 aliphatic rings. The van der Waals surface area contributed by atoms with Crippen LogP contribution in [0.15, 0.2) is 0 Å². The van der Waals surface area contributed by atoms with E-state index < -0.39 is 17.6 Å². The third-order valence-electron chi connectivity index (χ3n) is 3.42. The maximum Gasteiger partial charge on any atom is 0.309 e. The first-order valence-electron chi connectivity index (χ1n) is 5.74. The minimum absolute atomic E-state index is 0.0388. The molecule has 0 aromatic heterocycles. The summed E-state index contributed by atoms with van der Waals surface area (Å²) in [6.07, 6.45) is 2.87. The molecule has 2 fully saturated rings. The average Bonchev–Trinajstić information content (AvgIpc) is 3.04. The first-order chi connectivity index (χ1) is 7.53. The number of hydrogen-bond donors (Lipinski definition) is 2. The monoisotopic (exact) mass is 227 g/mol.